The molecule has 3 unspecified atom stereocenters. The standard InChI is InChI=1S/C36H33N3O3S/c1-37-43(40,41)35-13-7-4-10-30(35)36-28-16-14-26(38-20-18-24-8-2-5-11-31(24)38)22-33(28)42-34-23-27(15-17-29(34)36)39-21-19-25-9-3-6-12-32(25)39/h2-17,22-23,28,33,36-37H,18-21H2,1H3. The highest BCUT2D eigenvalue weighted by atomic mass is 32.2. The van der Waals surface area contributed by atoms with Crippen molar-refractivity contribution in [2.24, 2.45) is 5.92 Å². The second-order valence-corrected chi connectivity index (χ2v) is 13.5. The number of para-hydroxylation sites is 2. The minimum Gasteiger partial charge on any atom is -0.485 e. The number of rotatable bonds is 5. The van der Waals surface area contributed by atoms with Crippen molar-refractivity contribution in [3.8, 4) is 5.75 Å². The summed E-state index contributed by atoms with van der Waals surface area (Å²) in [7, 11) is -2.21. The summed E-state index contributed by atoms with van der Waals surface area (Å²) in [6.45, 7) is 1.84. The molecule has 8 rings (SSSR count). The van der Waals surface area contributed by atoms with Gasteiger partial charge >= 0.3 is 0 Å². The highest BCUT2D eigenvalue weighted by Crippen LogP contribution is 2.50. The predicted molar refractivity (Wildman–Crippen MR) is 171 cm³/mol. The summed E-state index contributed by atoms with van der Waals surface area (Å²) in [5, 5.41) is 0. The maximum Gasteiger partial charge on any atom is 0.240 e. The monoisotopic (exact) mass is 587 g/mol. The molecule has 0 spiro atoms. The van der Waals surface area contributed by atoms with Gasteiger partial charge in [-0.05, 0) is 73.0 Å². The van der Waals surface area contributed by atoms with Crippen molar-refractivity contribution in [1.29, 1.82) is 0 Å². The van der Waals surface area contributed by atoms with Gasteiger partial charge in [-0.2, -0.15) is 0 Å². The van der Waals surface area contributed by atoms with Gasteiger partial charge in [-0.3, -0.25) is 0 Å². The average molecular weight is 588 g/mol. The maximum absolute atomic E-state index is 13.2. The van der Waals surface area contributed by atoms with Crippen LogP contribution in [0.2, 0.25) is 0 Å². The fourth-order valence-electron chi connectivity index (χ4n) is 7.33. The summed E-state index contributed by atoms with van der Waals surface area (Å²) in [5.41, 5.74) is 9.16. The number of benzene rings is 4. The molecular formula is C36H33N3O3S. The van der Waals surface area contributed by atoms with Crippen LogP contribution in [0.4, 0.5) is 17.1 Å². The van der Waals surface area contributed by atoms with Gasteiger partial charge in [0.25, 0.3) is 0 Å². The molecule has 0 radical (unpaired) electrons. The molecule has 4 aliphatic rings. The Kier molecular flexibility index (Phi) is 6.21. The summed E-state index contributed by atoms with van der Waals surface area (Å²) >= 11 is 0. The summed E-state index contributed by atoms with van der Waals surface area (Å²) in [6, 6.07) is 30.9. The van der Waals surface area contributed by atoms with Gasteiger partial charge in [0.05, 0.1) is 4.90 Å². The maximum atomic E-state index is 13.2. The third kappa shape index (κ3) is 4.29. The molecule has 0 bridgehead atoms. The lowest BCUT2D eigenvalue weighted by Crippen LogP contribution is -2.38. The lowest BCUT2D eigenvalue weighted by Gasteiger charge is -2.41. The first kappa shape index (κ1) is 26.3. The zero-order valence-electron chi connectivity index (χ0n) is 24.0. The van der Waals surface area contributed by atoms with E-state index in [0.717, 1.165) is 54.2 Å². The van der Waals surface area contributed by atoms with Crippen LogP contribution in [0.3, 0.4) is 0 Å². The molecule has 4 aromatic carbocycles. The number of ether oxygens (including phenoxy) is 1. The van der Waals surface area contributed by atoms with E-state index >= 15 is 0 Å². The molecule has 3 atom stereocenters. The van der Waals surface area contributed by atoms with E-state index in [0.29, 0.717) is 4.90 Å². The Morgan fingerprint density at radius 1 is 0.791 bits per heavy atom. The highest BCUT2D eigenvalue weighted by molar-refractivity contribution is 7.89. The van der Waals surface area contributed by atoms with E-state index in [2.05, 4.69) is 99.5 Å². The topological polar surface area (TPSA) is 61.9 Å². The average Bonchev–Trinajstić information content (AvgIpc) is 3.68. The van der Waals surface area contributed by atoms with Gasteiger partial charge in [0.15, 0.2) is 0 Å². The van der Waals surface area contributed by atoms with E-state index in [1.165, 1.54) is 29.5 Å². The van der Waals surface area contributed by atoms with Crippen molar-refractivity contribution in [3.05, 3.63) is 137 Å². The van der Waals surface area contributed by atoms with Crippen LogP contribution in [0.1, 0.15) is 28.2 Å². The molecule has 0 aromatic heterocycles. The van der Waals surface area contributed by atoms with Gasteiger partial charge in [-0.25, -0.2) is 13.1 Å². The zero-order chi connectivity index (χ0) is 29.1. The first-order chi connectivity index (χ1) is 21.0. The van der Waals surface area contributed by atoms with Crippen molar-refractivity contribution in [3.63, 3.8) is 0 Å². The number of allylic oxidation sites excluding steroid dienone is 1. The Morgan fingerprint density at radius 3 is 2.23 bits per heavy atom. The van der Waals surface area contributed by atoms with Crippen molar-refractivity contribution in [2.75, 3.05) is 29.9 Å². The summed E-state index contributed by atoms with van der Waals surface area (Å²) in [4.78, 5) is 5.03. The van der Waals surface area contributed by atoms with E-state index in [-0.39, 0.29) is 17.9 Å². The molecule has 7 heteroatoms. The number of anilines is 3. The number of sulfonamides is 1. The van der Waals surface area contributed by atoms with E-state index < -0.39 is 10.0 Å². The second-order valence-electron chi connectivity index (χ2n) is 11.6. The van der Waals surface area contributed by atoms with E-state index in [9.17, 15) is 8.42 Å². The van der Waals surface area contributed by atoms with Crippen LogP contribution in [0.25, 0.3) is 0 Å². The van der Waals surface area contributed by atoms with Crippen LogP contribution in [0.15, 0.2) is 120 Å². The van der Waals surface area contributed by atoms with Gasteiger partial charge in [0.1, 0.15) is 11.9 Å². The lowest BCUT2D eigenvalue weighted by atomic mass is 9.74. The third-order valence-electron chi connectivity index (χ3n) is 9.39. The van der Waals surface area contributed by atoms with Crippen LogP contribution in [0.5, 0.6) is 5.75 Å². The van der Waals surface area contributed by atoms with Gasteiger partial charge in [-0.15, -0.1) is 0 Å². The van der Waals surface area contributed by atoms with Crippen molar-refractivity contribution in [2.45, 2.75) is 29.8 Å². The Labute approximate surface area is 253 Å². The molecule has 43 heavy (non-hydrogen) atoms. The molecule has 0 amide bonds. The van der Waals surface area contributed by atoms with Crippen LogP contribution in [-0.2, 0) is 22.9 Å². The molecule has 6 nitrogen and oxygen atoms in total. The zero-order valence-corrected chi connectivity index (χ0v) is 24.8. The Hall–Kier alpha value is -4.33. The second kappa shape index (κ2) is 10.1. The van der Waals surface area contributed by atoms with Crippen LogP contribution >= 0.6 is 0 Å². The molecule has 1 aliphatic carbocycles. The number of hydrogen-bond acceptors (Lipinski definition) is 5. The first-order valence-corrected chi connectivity index (χ1v) is 16.4. The van der Waals surface area contributed by atoms with Crippen LogP contribution in [0, 0.1) is 5.92 Å². The van der Waals surface area contributed by atoms with Gasteiger partial charge < -0.3 is 14.5 Å². The van der Waals surface area contributed by atoms with Crippen LogP contribution < -0.4 is 19.3 Å². The Balaban J connectivity index is 1.25. The van der Waals surface area contributed by atoms with Gasteiger partial charge in [-0.1, -0.05) is 66.7 Å². The number of hydrogen-bond donors (Lipinski definition) is 1. The number of fused-ring (bicyclic) bond motifs is 4. The molecular weight excluding hydrogens is 554 g/mol. The molecule has 0 saturated carbocycles. The molecule has 216 valence electrons. The van der Waals surface area contributed by atoms with E-state index in [1.54, 1.807) is 12.1 Å². The fourth-order valence-corrected chi connectivity index (χ4v) is 8.31. The molecule has 4 aromatic rings. The van der Waals surface area contributed by atoms with Gasteiger partial charge in [0, 0.05) is 59.3 Å². The molecule has 0 fully saturated rings. The minimum atomic E-state index is -3.68. The summed E-state index contributed by atoms with van der Waals surface area (Å²) in [5.74, 6) is 0.533. The van der Waals surface area contributed by atoms with Crippen molar-refractivity contribution >= 4 is 27.1 Å². The highest BCUT2D eigenvalue weighted by Gasteiger charge is 2.41. The van der Waals surface area contributed by atoms with E-state index in [4.69, 9.17) is 4.74 Å². The summed E-state index contributed by atoms with van der Waals surface area (Å²) < 4.78 is 35.9. The van der Waals surface area contributed by atoms with E-state index in [1.807, 2.05) is 12.1 Å². The largest absolute Gasteiger partial charge is 0.485 e. The molecule has 1 N–H and O–H groups in total. The SMILES string of the molecule is CNS(=O)(=O)c1ccccc1C1c2ccc(N3CCc4ccccc43)cc2OC2C=C(N3CCc4ccccc43)C=CC21. The predicted octanol–water partition coefficient (Wildman–Crippen LogP) is 6.31. The third-order valence-corrected chi connectivity index (χ3v) is 10.9. The lowest BCUT2D eigenvalue weighted by molar-refractivity contribution is 0.164. The number of nitrogens with one attached hydrogen (secondary N) is 1. The summed E-state index contributed by atoms with van der Waals surface area (Å²) in [6.07, 6.45) is 8.41. The normalized spacial score (nSPS) is 21.9. The number of nitrogens with zero attached hydrogens (tertiary/aromatic N) is 2. The Bertz CT molecular complexity index is 1910. The Morgan fingerprint density at radius 2 is 1.47 bits per heavy atom. The molecule has 3 heterocycles. The van der Waals surface area contributed by atoms with Crippen molar-refractivity contribution in [1.82, 2.24) is 4.72 Å². The first-order valence-electron chi connectivity index (χ1n) is 15.0. The molecule has 3 aliphatic heterocycles. The quantitative estimate of drug-likeness (QED) is 0.296. The minimum absolute atomic E-state index is 0.0688. The van der Waals surface area contributed by atoms with Crippen molar-refractivity contribution < 1.29 is 13.2 Å². The molecule has 0 saturated heterocycles. The smallest absolute Gasteiger partial charge is 0.240 e. The fraction of sp³-hybridized carbons (Fsp3) is 0.222. The van der Waals surface area contributed by atoms with Crippen LogP contribution in [-0.4, -0.2) is 34.7 Å². The van der Waals surface area contributed by atoms with Gasteiger partial charge in [0.2, 0.25) is 10.0 Å².